The van der Waals surface area contributed by atoms with Gasteiger partial charge in [-0.1, -0.05) is 36.4 Å². The highest BCUT2D eigenvalue weighted by Gasteiger charge is 2.38. The van der Waals surface area contributed by atoms with Crippen LogP contribution in [0.1, 0.15) is 18.4 Å². The lowest BCUT2D eigenvalue weighted by atomic mass is 9.88. The third-order valence-corrected chi connectivity index (χ3v) is 2.98. The van der Waals surface area contributed by atoms with E-state index in [2.05, 4.69) is 6.58 Å². The second-order valence-electron chi connectivity index (χ2n) is 4.15. The summed E-state index contributed by atoms with van der Waals surface area (Å²) in [5.74, 6) is -0.0972. The zero-order valence-electron chi connectivity index (χ0n) is 9.84. The Hall–Kier alpha value is -1.61. The summed E-state index contributed by atoms with van der Waals surface area (Å²) in [5.41, 5.74) is 1.11. The first-order valence-electron chi connectivity index (χ1n) is 5.68. The van der Waals surface area contributed by atoms with E-state index in [9.17, 15) is 4.79 Å². The maximum absolute atomic E-state index is 11.0. The molecule has 3 heteroatoms. The molecule has 0 N–H and O–H groups in total. The van der Waals surface area contributed by atoms with Gasteiger partial charge in [-0.3, -0.25) is 4.79 Å². The van der Waals surface area contributed by atoms with Crippen molar-refractivity contribution in [2.45, 2.75) is 19.1 Å². The minimum atomic E-state index is -0.502. The van der Waals surface area contributed by atoms with E-state index in [-0.39, 0.29) is 17.8 Å². The van der Waals surface area contributed by atoms with Crippen molar-refractivity contribution < 1.29 is 14.3 Å². The Morgan fingerprint density at radius 3 is 2.76 bits per heavy atom. The van der Waals surface area contributed by atoms with Gasteiger partial charge in [0.2, 0.25) is 6.29 Å². The molecule has 1 heterocycles. The topological polar surface area (TPSA) is 35.5 Å². The largest absolute Gasteiger partial charge is 0.435 e. The van der Waals surface area contributed by atoms with Crippen molar-refractivity contribution in [2.24, 2.45) is 5.92 Å². The van der Waals surface area contributed by atoms with E-state index < -0.39 is 6.29 Å². The van der Waals surface area contributed by atoms with Gasteiger partial charge in [-0.2, -0.15) is 0 Å². The van der Waals surface area contributed by atoms with E-state index in [0.717, 1.165) is 5.56 Å². The zero-order valence-corrected chi connectivity index (χ0v) is 9.84. The number of carbonyl (C=O) groups excluding carboxylic acids is 1. The molecule has 17 heavy (non-hydrogen) atoms. The summed E-state index contributed by atoms with van der Waals surface area (Å²) < 4.78 is 10.7. The Bertz CT molecular complexity index is 399. The highest BCUT2D eigenvalue weighted by atomic mass is 16.7. The molecule has 1 aromatic rings. The predicted molar refractivity (Wildman–Crippen MR) is 64.4 cm³/mol. The Morgan fingerprint density at radius 2 is 2.18 bits per heavy atom. The number of benzene rings is 1. The minimum Gasteiger partial charge on any atom is -0.435 e. The van der Waals surface area contributed by atoms with Crippen LogP contribution in [0.2, 0.25) is 0 Å². The molecule has 0 bridgehead atoms. The summed E-state index contributed by atoms with van der Waals surface area (Å²) in [7, 11) is 0. The maximum Gasteiger partial charge on any atom is 0.304 e. The molecule has 0 spiro atoms. The Balaban J connectivity index is 2.24. The van der Waals surface area contributed by atoms with Crippen LogP contribution < -0.4 is 0 Å². The summed E-state index contributed by atoms with van der Waals surface area (Å²) in [6.45, 7) is 5.75. The van der Waals surface area contributed by atoms with Crippen LogP contribution in [0.15, 0.2) is 43.0 Å². The summed E-state index contributed by atoms with van der Waals surface area (Å²) in [6.07, 6.45) is 1.36. The van der Waals surface area contributed by atoms with Gasteiger partial charge in [-0.05, 0) is 5.56 Å². The number of rotatable bonds is 3. The van der Waals surface area contributed by atoms with Crippen molar-refractivity contribution in [2.75, 3.05) is 6.61 Å². The van der Waals surface area contributed by atoms with Gasteiger partial charge >= 0.3 is 5.97 Å². The van der Waals surface area contributed by atoms with Crippen molar-refractivity contribution in [1.82, 2.24) is 0 Å². The van der Waals surface area contributed by atoms with Crippen molar-refractivity contribution in [1.29, 1.82) is 0 Å². The minimum absolute atomic E-state index is 0.0394. The van der Waals surface area contributed by atoms with Gasteiger partial charge in [0.05, 0.1) is 12.5 Å². The molecule has 1 saturated heterocycles. The highest BCUT2D eigenvalue weighted by Crippen LogP contribution is 2.37. The molecule has 0 unspecified atom stereocenters. The molecule has 1 fully saturated rings. The van der Waals surface area contributed by atoms with E-state index in [1.165, 1.54) is 6.92 Å². The fourth-order valence-electron chi connectivity index (χ4n) is 2.18. The lowest BCUT2D eigenvalue weighted by Crippen LogP contribution is -2.23. The normalized spacial score (nSPS) is 27.7. The number of ether oxygens (including phenoxy) is 2. The fraction of sp³-hybridized carbons (Fsp3) is 0.357. The van der Waals surface area contributed by atoms with Crippen LogP contribution in [0.25, 0.3) is 0 Å². The highest BCUT2D eigenvalue weighted by molar-refractivity contribution is 5.66. The lowest BCUT2D eigenvalue weighted by Gasteiger charge is -2.21. The van der Waals surface area contributed by atoms with Crippen molar-refractivity contribution in [3.05, 3.63) is 48.6 Å². The molecule has 0 aliphatic carbocycles. The van der Waals surface area contributed by atoms with Crippen LogP contribution in [0.4, 0.5) is 0 Å². The molecule has 0 radical (unpaired) electrons. The van der Waals surface area contributed by atoms with Crippen LogP contribution in [0, 0.1) is 5.92 Å². The standard InChI is InChI=1S/C14H16O3/c1-3-11-9-16-14(17-10(2)15)13(11)12-7-5-4-6-8-12/h3-8,11,13-14H,1,9H2,2H3/t11-,13-,14+/m1/s1. The monoisotopic (exact) mass is 232 g/mol. The van der Waals surface area contributed by atoms with E-state index in [1.54, 1.807) is 0 Å². The van der Waals surface area contributed by atoms with Crippen molar-refractivity contribution in [3.8, 4) is 0 Å². The molecule has 3 nitrogen and oxygen atoms in total. The lowest BCUT2D eigenvalue weighted by molar-refractivity contribution is -0.169. The van der Waals surface area contributed by atoms with Crippen LogP contribution in [-0.2, 0) is 14.3 Å². The number of hydrogen-bond acceptors (Lipinski definition) is 3. The zero-order chi connectivity index (χ0) is 12.3. The molecule has 1 aromatic carbocycles. The van der Waals surface area contributed by atoms with Gasteiger partial charge < -0.3 is 9.47 Å². The molecular formula is C14H16O3. The van der Waals surface area contributed by atoms with Crippen LogP contribution in [-0.4, -0.2) is 18.9 Å². The molecular weight excluding hydrogens is 216 g/mol. The van der Waals surface area contributed by atoms with Gasteiger partial charge in [-0.25, -0.2) is 0 Å². The molecule has 0 saturated carbocycles. The van der Waals surface area contributed by atoms with E-state index in [1.807, 2.05) is 36.4 Å². The summed E-state index contributed by atoms with van der Waals surface area (Å²) in [4.78, 5) is 11.0. The average Bonchev–Trinajstić information content (AvgIpc) is 2.72. The quantitative estimate of drug-likeness (QED) is 0.593. The number of hydrogen-bond donors (Lipinski definition) is 0. The summed E-state index contributed by atoms with van der Waals surface area (Å²) >= 11 is 0. The third-order valence-electron chi connectivity index (χ3n) is 2.98. The van der Waals surface area contributed by atoms with Gasteiger partial charge in [0.15, 0.2) is 0 Å². The average molecular weight is 232 g/mol. The first kappa shape index (κ1) is 11.9. The summed E-state index contributed by atoms with van der Waals surface area (Å²) in [5, 5.41) is 0. The fourth-order valence-corrected chi connectivity index (χ4v) is 2.18. The predicted octanol–water partition coefficient (Wildman–Crippen LogP) is 2.49. The second-order valence-corrected chi connectivity index (χ2v) is 4.15. The van der Waals surface area contributed by atoms with Gasteiger partial charge in [0.25, 0.3) is 0 Å². The molecule has 2 rings (SSSR count). The van der Waals surface area contributed by atoms with Crippen molar-refractivity contribution >= 4 is 5.97 Å². The Kier molecular flexibility index (Phi) is 3.59. The van der Waals surface area contributed by atoms with Crippen LogP contribution >= 0.6 is 0 Å². The SMILES string of the molecule is C=C[C@@H]1CO[C@@H](OC(C)=O)[C@H]1c1ccccc1. The smallest absolute Gasteiger partial charge is 0.304 e. The van der Waals surface area contributed by atoms with Gasteiger partial charge in [-0.15, -0.1) is 6.58 Å². The first-order chi connectivity index (χ1) is 8.22. The summed E-state index contributed by atoms with van der Waals surface area (Å²) in [6, 6.07) is 9.94. The molecule has 0 aromatic heterocycles. The van der Waals surface area contributed by atoms with Gasteiger partial charge in [0.1, 0.15) is 0 Å². The molecule has 1 aliphatic rings. The van der Waals surface area contributed by atoms with Crippen molar-refractivity contribution in [3.63, 3.8) is 0 Å². The van der Waals surface area contributed by atoms with E-state index in [4.69, 9.17) is 9.47 Å². The molecule has 90 valence electrons. The molecule has 3 atom stereocenters. The molecule has 0 amide bonds. The number of esters is 1. The Labute approximate surface area is 101 Å². The number of carbonyl (C=O) groups is 1. The van der Waals surface area contributed by atoms with E-state index in [0.29, 0.717) is 6.61 Å². The first-order valence-corrected chi connectivity index (χ1v) is 5.68. The molecule has 1 aliphatic heterocycles. The van der Waals surface area contributed by atoms with Gasteiger partial charge in [0, 0.05) is 12.8 Å². The maximum atomic E-state index is 11.0. The van der Waals surface area contributed by atoms with E-state index >= 15 is 0 Å². The van der Waals surface area contributed by atoms with Crippen LogP contribution in [0.5, 0.6) is 0 Å². The van der Waals surface area contributed by atoms with Crippen LogP contribution in [0.3, 0.4) is 0 Å². The third kappa shape index (κ3) is 2.56. The second kappa shape index (κ2) is 5.15. The Morgan fingerprint density at radius 1 is 1.47 bits per heavy atom.